The van der Waals surface area contributed by atoms with Gasteiger partial charge in [0, 0.05) is 12.6 Å². The third-order valence-electron chi connectivity index (χ3n) is 2.50. The Hall–Kier alpha value is -1.95. The Balaban J connectivity index is 2.01. The molecule has 1 saturated heterocycles. The van der Waals surface area contributed by atoms with Crippen LogP contribution in [0.3, 0.4) is 0 Å². The largest absolute Gasteiger partial charge is 0.339 e. The summed E-state index contributed by atoms with van der Waals surface area (Å²) >= 11 is 5.65. The van der Waals surface area contributed by atoms with Gasteiger partial charge in [-0.2, -0.15) is 0 Å². The summed E-state index contributed by atoms with van der Waals surface area (Å²) < 4.78 is 0. The number of carbonyl (C=O) groups is 3. The number of piperidine rings is 1. The smallest absolute Gasteiger partial charge is 0.270 e. The number of rotatable bonds is 2. The van der Waals surface area contributed by atoms with Gasteiger partial charge in [-0.25, -0.2) is 4.98 Å². The minimum absolute atomic E-state index is 0.170. The molecule has 0 aliphatic carbocycles. The first-order valence-electron chi connectivity index (χ1n) is 5.32. The topological polar surface area (TPSA) is 88.2 Å². The van der Waals surface area contributed by atoms with E-state index in [1.54, 1.807) is 0 Å². The highest BCUT2D eigenvalue weighted by molar-refractivity contribution is 6.30. The molecule has 1 aromatic heterocycles. The predicted molar refractivity (Wildman–Crippen MR) is 62.9 cm³/mol. The molecule has 0 radical (unpaired) electrons. The lowest BCUT2D eigenvalue weighted by Crippen LogP contribution is -2.52. The van der Waals surface area contributed by atoms with Crippen molar-refractivity contribution < 1.29 is 14.4 Å². The molecule has 0 aromatic carbocycles. The van der Waals surface area contributed by atoms with Crippen LogP contribution in [0.1, 0.15) is 23.3 Å². The van der Waals surface area contributed by atoms with Gasteiger partial charge in [-0.1, -0.05) is 11.6 Å². The van der Waals surface area contributed by atoms with Crippen molar-refractivity contribution in [2.24, 2.45) is 0 Å². The minimum atomic E-state index is -0.701. The van der Waals surface area contributed by atoms with Crippen LogP contribution in [-0.4, -0.2) is 28.7 Å². The maximum Gasteiger partial charge on any atom is 0.270 e. The Morgan fingerprint density at radius 3 is 2.83 bits per heavy atom. The van der Waals surface area contributed by atoms with Gasteiger partial charge in [0.1, 0.15) is 11.7 Å². The van der Waals surface area contributed by atoms with Crippen LogP contribution in [-0.2, 0) is 9.59 Å². The molecule has 94 valence electrons. The molecular weight excluding hydrogens is 258 g/mol. The van der Waals surface area contributed by atoms with Crippen LogP contribution in [0.5, 0.6) is 0 Å². The molecule has 1 aliphatic heterocycles. The Bertz CT molecular complexity index is 501. The number of imide groups is 1. The van der Waals surface area contributed by atoms with Gasteiger partial charge >= 0.3 is 0 Å². The average Bonchev–Trinajstić information content (AvgIpc) is 2.33. The molecule has 2 rings (SSSR count). The fourth-order valence-electron chi connectivity index (χ4n) is 1.57. The molecule has 2 heterocycles. The summed E-state index contributed by atoms with van der Waals surface area (Å²) in [5.41, 5.74) is 0.170. The number of amides is 3. The Labute approximate surface area is 108 Å². The number of halogens is 1. The summed E-state index contributed by atoms with van der Waals surface area (Å²) in [6, 6.07) is 2.30. The summed E-state index contributed by atoms with van der Waals surface area (Å²) in [5, 5.41) is 5.10. The highest BCUT2D eigenvalue weighted by atomic mass is 35.5. The summed E-state index contributed by atoms with van der Waals surface area (Å²) in [5.74, 6) is -1.29. The lowest BCUT2D eigenvalue weighted by Gasteiger charge is -2.21. The molecule has 1 aliphatic rings. The van der Waals surface area contributed by atoms with Crippen molar-refractivity contribution in [3.8, 4) is 0 Å². The van der Waals surface area contributed by atoms with Gasteiger partial charge in [0.15, 0.2) is 0 Å². The summed E-state index contributed by atoms with van der Waals surface area (Å²) in [7, 11) is 0. The van der Waals surface area contributed by atoms with Crippen LogP contribution >= 0.6 is 11.6 Å². The number of hydrogen-bond donors (Lipinski definition) is 2. The highest BCUT2D eigenvalue weighted by Crippen LogP contribution is 2.08. The first-order chi connectivity index (χ1) is 8.56. The van der Waals surface area contributed by atoms with Crippen molar-refractivity contribution in [1.82, 2.24) is 15.6 Å². The molecule has 0 saturated carbocycles. The molecule has 1 fully saturated rings. The zero-order chi connectivity index (χ0) is 13.1. The molecule has 7 heteroatoms. The summed E-state index contributed by atoms with van der Waals surface area (Å²) in [6.07, 6.45) is 1.86. The lowest BCUT2D eigenvalue weighted by molar-refractivity contribution is -0.134. The van der Waals surface area contributed by atoms with Crippen LogP contribution in [0, 0.1) is 0 Å². The van der Waals surface area contributed by atoms with Gasteiger partial charge in [0.2, 0.25) is 11.8 Å². The van der Waals surface area contributed by atoms with Crippen LogP contribution in [0.15, 0.2) is 18.3 Å². The molecule has 18 heavy (non-hydrogen) atoms. The average molecular weight is 268 g/mol. The molecule has 2 N–H and O–H groups in total. The Morgan fingerprint density at radius 1 is 1.44 bits per heavy atom. The zero-order valence-corrected chi connectivity index (χ0v) is 10.0. The van der Waals surface area contributed by atoms with Crippen molar-refractivity contribution in [3.63, 3.8) is 0 Å². The van der Waals surface area contributed by atoms with Crippen molar-refractivity contribution >= 4 is 29.3 Å². The molecule has 0 bridgehead atoms. The van der Waals surface area contributed by atoms with Crippen molar-refractivity contribution in [2.45, 2.75) is 18.9 Å². The van der Waals surface area contributed by atoms with Crippen molar-refractivity contribution in [1.29, 1.82) is 0 Å². The van der Waals surface area contributed by atoms with E-state index in [4.69, 9.17) is 11.6 Å². The fourth-order valence-corrected chi connectivity index (χ4v) is 1.69. The van der Waals surface area contributed by atoms with Gasteiger partial charge in [-0.3, -0.25) is 19.7 Å². The third-order valence-corrected chi connectivity index (χ3v) is 2.73. The second-order valence-corrected chi connectivity index (χ2v) is 4.28. The van der Waals surface area contributed by atoms with Crippen LogP contribution < -0.4 is 10.6 Å². The first kappa shape index (κ1) is 12.5. The predicted octanol–water partition coefficient (Wildman–Crippen LogP) is 0.270. The van der Waals surface area contributed by atoms with E-state index in [0.717, 1.165) is 0 Å². The van der Waals surface area contributed by atoms with Crippen LogP contribution in [0.4, 0.5) is 0 Å². The molecule has 1 unspecified atom stereocenters. The monoisotopic (exact) mass is 267 g/mol. The number of carbonyl (C=O) groups excluding carboxylic acids is 3. The first-order valence-corrected chi connectivity index (χ1v) is 5.70. The standard InChI is InChI=1S/C11H10ClN3O3/c12-6-1-2-7(13-5-6)10(17)14-8-3-4-9(16)15-11(8)18/h1-2,5,8H,3-4H2,(H,14,17)(H,15,16,18). The molecule has 3 amide bonds. The number of nitrogens with one attached hydrogen (secondary N) is 2. The molecule has 1 atom stereocenters. The normalized spacial score (nSPS) is 19.3. The maximum atomic E-state index is 11.8. The van der Waals surface area contributed by atoms with Gasteiger partial charge in [0.05, 0.1) is 5.02 Å². The van der Waals surface area contributed by atoms with E-state index in [0.29, 0.717) is 11.4 Å². The van der Waals surface area contributed by atoms with Gasteiger partial charge in [-0.05, 0) is 18.6 Å². The number of aromatic nitrogens is 1. The van der Waals surface area contributed by atoms with E-state index in [1.165, 1.54) is 18.3 Å². The number of pyridine rings is 1. The van der Waals surface area contributed by atoms with E-state index >= 15 is 0 Å². The maximum absolute atomic E-state index is 11.8. The number of nitrogens with zero attached hydrogens (tertiary/aromatic N) is 1. The highest BCUT2D eigenvalue weighted by Gasteiger charge is 2.28. The molecular formula is C11H10ClN3O3. The second kappa shape index (κ2) is 5.14. The fraction of sp³-hybridized carbons (Fsp3) is 0.273. The van der Waals surface area contributed by atoms with Crippen LogP contribution in [0.25, 0.3) is 0 Å². The summed E-state index contributed by atoms with van der Waals surface area (Å²) in [4.78, 5) is 38.0. The van der Waals surface area contributed by atoms with Gasteiger partial charge in [0.25, 0.3) is 5.91 Å². The lowest BCUT2D eigenvalue weighted by atomic mass is 10.1. The Morgan fingerprint density at radius 2 is 2.22 bits per heavy atom. The second-order valence-electron chi connectivity index (χ2n) is 3.84. The van der Waals surface area contributed by atoms with E-state index in [1.807, 2.05) is 0 Å². The summed E-state index contributed by atoms with van der Waals surface area (Å²) in [6.45, 7) is 0. The van der Waals surface area contributed by atoms with E-state index < -0.39 is 17.9 Å². The zero-order valence-electron chi connectivity index (χ0n) is 9.27. The van der Waals surface area contributed by atoms with Crippen LogP contribution in [0.2, 0.25) is 5.02 Å². The van der Waals surface area contributed by atoms with Gasteiger partial charge in [-0.15, -0.1) is 0 Å². The quantitative estimate of drug-likeness (QED) is 0.753. The van der Waals surface area contributed by atoms with Crippen molar-refractivity contribution in [2.75, 3.05) is 0 Å². The molecule has 0 spiro atoms. The Kier molecular flexibility index (Phi) is 3.57. The van der Waals surface area contributed by atoms with E-state index in [2.05, 4.69) is 15.6 Å². The van der Waals surface area contributed by atoms with Crippen molar-refractivity contribution in [3.05, 3.63) is 29.0 Å². The van der Waals surface area contributed by atoms with E-state index in [9.17, 15) is 14.4 Å². The van der Waals surface area contributed by atoms with E-state index in [-0.39, 0.29) is 18.0 Å². The minimum Gasteiger partial charge on any atom is -0.339 e. The van der Waals surface area contributed by atoms with Gasteiger partial charge < -0.3 is 5.32 Å². The third kappa shape index (κ3) is 2.84. The molecule has 1 aromatic rings. The number of hydrogen-bond acceptors (Lipinski definition) is 4. The molecule has 6 nitrogen and oxygen atoms in total. The SMILES string of the molecule is O=C1CCC(NC(=O)c2ccc(Cl)cn2)C(=O)N1.